The van der Waals surface area contributed by atoms with Gasteiger partial charge in [0.25, 0.3) is 5.92 Å². The van der Waals surface area contributed by atoms with Crippen LogP contribution in [0.2, 0.25) is 0 Å². The Balaban J connectivity index is 3.73. The Labute approximate surface area is 65.4 Å². The first-order valence-electron chi connectivity index (χ1n) is 3.18. The molecule has 0 radical (unpaired) electrons. The first-order chi connectivity index (χ1) is 4.83. The van der Waals surface area contributed by atoms with Crippen molar-refractivity contribution in [3.63, 3.8) is 0 Å². The van der Waals surface area contributed by atoms with Crippen molar-refractivity contribution in [2.75, 3.05) is 6.61 Å². The van der Waals surface area contributed by atoms with Gasteiger partial charge in [0.15, 0.2) is 6.61 Å². The third-order valence-corrected chi connectivity index (χ3v) is 0.976. The predicted molar refractivity (Wildman–Crippen MR) is 40.5 cm³/mol. The van der Waals surface area contributed by atoms with Crippen LogP contribution in [0.4, 0.5) is 8.78 Å². The summed E-state index contributed by atoms with van der Waals surface area (Å²) < 4.78 is 28.9. The number of ether oxygens (including phenoxy) is 1. The first kappa shape index (κ1) is 10.1. The van der Waals surface area contributed by atoms with Gasteiger partial charge in [0.2, 0.25) is 0 Å². The highest BCUT2D eigenvalue weighted by molar-refractivity contribution is 5.15. The fourth-order valence-electron chi connectivity index (χ4n) is 0.337. The summed E-state index contributed by atoms with van der Waals surface area (Å²) in [5.41, 5.74) is 0.564. The summed E-state index contributed by atoms with van der Waals surface area (Å²) in [7, 11) is 0. The molecule has 0 aromatic heterocycles. The van der Waals surface area contributed by atoms with E-state index >= 15 is 0 Å². The monoisotopic (exact) mass is 162 g/mol. The first-order valence-corrected chi connectivity index (χ1v) is 3.18. The van der Waals surface area contributed by atoms with Crippen LogP contribution in [0.15, 0.2) is 24.5 Å². The Morgan fingerprint density at radius 3 is 2.18 bits per heavy atom. The zero-order chi connectivity index (χ0) is 9.07. The second-order valence-electron chi connectivity index (χ2n) is 2.56. The summed E-state index contributed by atoms with van der Waals surface area (Å²) in [5, 5.41) is 0. The lowest BCUT2D eigenvalue weighted by atomic mass is 10.3. The molecule has 0 amide bonds. The van der Waals surface area contributed by atoms with Crippen LogP contribution in [0.25, 0.3) is 0 Å². The smallest absolute Gasteiger partial charge is 0.278 e. The molecule has 0 N–H and O–H groups in total. The van der Waals surface area contributed by atoms with Gasteiger partial charge in [0.1, 0.15) is 5.76 Å². The molecule has 1 nitrogen and oxygen atoms in total. The van der Waals surface area contributed by atoms with Crippen LogP contribution >= 0.6 is 0 Å². The average molecular weight is 162 g/mol. The van der Waals surface area contributed by atoms with Gasteiger partial charge in [-0.25, -0.2) is 8.78 Å². The standard InChI is InChI=1S/C8H12F2O/c1-6(2)7(3)11-5-8(4,9)10/h1,3,5H2,2,4H3. The molecule has 0 saturated heterocycles. The van der Waals surface area contributed by atoms with E-state index in [2.05, 4.69) is 17.9 Å². The lowest BCUT2D eigenvalue weighted by Gasteiger charge is -2.13. The number of alkyl halides is 2. The second kappa shape index (κ2) is 3.51. The number of hydrogen-bond donors (Lipinski definition) is 0. The molecule has 0 atom stereocenters. The van der Waals surface area contributed by atoms with E-state index in [0.717, 1.165) is 6.92 Å². The predicted octanol–water partition coefficient (Wildman–Crippen LogP) is 2.75. The molecule has 64 valence electrons. The Bertz CT molecular complexity index is 167. The van der Waals surface area contributed by atoms with Crippen molar-refractivity contribution < 1.29 is 13.5 Å². The third-order valence-electron chi connectivity index (χ3n) is 0.976. The van der Waals surface area contributed by atoms with E-state index in [1.54, 1.807) is 6.92 Å². The van der Waals surface area contributed by atoms with Crippen LogP contribution in [0.1, 0.15) is 13.8 Å². The Morgan fingerprint density at radius 1 is 1.45 bits per heavy atom. The molecule has 0 aliphatic rings. The quantitative estimate of drug-likeness (QED) is 0.456. The van der Waals surface area contributed by atoms with Crippen LogP contribution in [-0.4, -0.2) is 12.5 Å². The molecule has 0 bridgehead atoms. The molecule has 0 saturated carbocycles. The van der Waals surface area contributed by atoms with Gasteiger partial charge >= 0.3 is 0 Å². The molecule has 0 fully saturated rings. The van der Waals surface area contributed by atoms with E-state index in [-0.39, 0.29) is 5.76 Å². The minimum Gasteiger partial charge on any atom is -0.488 e. The minimum atomic E-state index is -2.81. The summed E-state index contributed by atoms with van der Waals surface area (Å²) >= 11 is 0. The topological polar surface area (TPSA) is 9.23 Å². The normalized spacial score (nSPS) is 10.9. The van der Waals surface area contributed by atoms with Crippen molar-refractivity contribution in [1.82, 2.24) is 0 Å². The molecule has 0 aliphatic carbocycles. The number of hydrogen-bond acceptors (Lipinski definition) is 1. The molecule has 11 heavy (non-hydrogen) atoms. The van der Waals surface area contributed by atoms with E-state index in [1.807, 2.05) is 0 Å². The molecule has 0 unspecified atom stereocenters. The minimum absolute atomic E-state index is 0.214. The van der Waals surface area contributed by atoms with Gasteiger partial charge < -0.3 is 4.74 Å². The molecule has 0 aromatic carbocycles. The lowest BCUT2D eigenvalue weighted by molar-refractivity contribution is -0.0420. The van der Waals surface area contributed by atoms with Crippen LogP contribution in [0.3, 0.4) is 0 Å². The SMILES string of the molecule is C=C(C)C(=C)OCC(C)(F)F. The molecular weight excluding hydrogens is 150 g/mol. The highest BCUT2D eigenvalue weighted by Gasteiger charge is 2.22. The van der Waals surface area contributed by atoms with Gasteiger partial charge in [-0.2, -0.15) is 0 Å². The Kier molecular flexibility index (Phi) is 3.23. The van der Waals surface area contributed by atoms with E-state index < -0.39 is 12.5 Å². The highest BCUT2D eigenvalue weighted by Crippen LogP contribution is 2.15. The molecule has 0 spiro atoms. The summed E-state index contributed by atoms with van der Waals surface area (Å²) in [6.45, 7) is 8.69. The number of halogens is 2. The molecule has 0 heterocycles. The van der Waals surface area contributed by atoms with E-state index in [0.29, 0.717) is 5.57 Å². The number of rotatable bonds is 4. The zero-order valence-electron chi connectivity index (χ0n) is 6.79. The summed E-state index contributed by atoms with van der Waals surface area (Å²) in [4.78, 5) is 0. The largest absolute Gasteiger partial charge is 0.488 e. The van der Waals surface area contributed by atoms with Crippen molar-refractivity contribution in [3.8, 4) is 0 Å². The number of allylic oxidation sites excluding steroid dienone is 1. The van der Waals surface area contributed by atoms with Crippen LogP contribution < -0.4 is 0 Å². The fourth-order valence-corrected chi connectivity index (χ4v) is 0.337. The van der Waals surface area contributed by atoms with Gasteiger partial charge in [0, 0.05) is 6.92 Å². The lowest BCUT2D eigenvalue weighted by Crippen LogP contribution is -2.18. The van der Waals surface area contributed by atoms with Crippen LogP contribution in [0.5, 0.6) is 0 Å². The van der Waals surface area contributed by atoms with Gasteiger partial charge in [-0.3, -0.25) is 0 Å². The maximum absolute atomic E-state index is 12.2. The van der Waals surface area contributed by atoms with Crippen molar-refractivity contribution in [2.45, 2.75) is 19.8 Å². The third kappa shape index (κ3) is 5.58. The molecule has 3 heteroatoms. The zero-order valence-corrected chi connectivity index (χ0v) is 6.79. The van der Waals surface area contributed by atoms with E-state index in [4.69, 9.17) is 0 Å². The van der Waals surface area contributed by atoms with Gasteiger partial charge in [-0.1, -0.05) is 13.2 Å². The van der Waals surface area contributed by atoms with E-state index in [1.165, 1.54) is 0 Å². The fraction of sp³-hybridized carbons (Fsp3) is 0.500. The van der Waals surface area contributed by atoms with Gasteiger partial charge in [-0.15, -0.1) is 0 Å². The van der Waals surface area contributed by atoms with Gasteiger partial charge in [-0.05, 0) is 12.5 Å². The van der Waals surface area contributed by atoms with Crippen molar-refractivity contribution >= 4 is 0 Å². The maximum atomic E-state index is 12.2. The summed E-state index contributed by atoms with van der Waals surface area (Å²) in [6.07, 6.45) is 0. The van der Waals surface area contributed by atoms with Crippen molar-refractivity contribution in [3.05, 3.63) is 24.5 Å². The Hall–Kier alpha value is -0.860. The summed E-state index contributed by atoms with van der Waals surface area (Å²) in [6, 6.07) is 0. The van der Waals surface area contributed by atoms with Crippen LogP contribution in [-0.2, 0) is 4.74 Å². The summed E-state index contributed by atoms with van der Waals surface area (Å²) in [5.74, 6) is -2.59. The maximum Gasteiger partial charge on any atom is 0.278 e. The average Bonchev–Trinajstić information content (AvgIpc) is 1.80. The molecule has 0 rings (SSSR count). The van der Waals surface area contributed by atoms with Crippen molar-refractivity contribution in [1.29, 1.82) is 0 Å². The molecular formula is C8H12F2O. The van der Waals surface area contributed by atoms with E-state index in [9.17, 15) is 8.78 Å². The second-order valence-corrected chi connectivity index (χ2v) is 2.56. The van der Waals surface area contributed by atoms with Gasteiger partial charge in [0.05, 0.1) is 0 Å². The van der Waals surface area contributed by atoms with Crippen molar-refractivity contribution in [2.24, 2.45) is 0 Å². The highest BCUT2D eigenvalue weighted by atomic mass is 19.3. The van der Waals surface area contributed by atoms with Crippen LogP contribution in [0, 0.1) is 0 Å². The Morgan fingerprint density at radius 2 is 1.91 bits per heavy atom. The molecule has 0 aromatic rings. The molecule has 0 aliphatic heterocycles.